The van der Waals surface area contributed by atoms with Crippen LogP contribution in [0.3, 0.4) is 0 Å². The molecule has 0 heterocycles. The number of halogens is 1. The summed E-state index contributed by atoms with van der Waals surface area (Å²) in [5, 5.41) is 2.93. The van der Waals surface area contributed by atoms with Crippen LogP contribution in [0.2, 0.25) is 0 Å². The minimum absolute atomic E-state index is 0.264. The largest absolute Gasteiger partial charge is 0.496 e. The summed E-state index contributed by atoms with van der Waals surface area (Å²) >= 11 is 3.33. The molecule has 0 saturated heterocycles. The second-order valence-electron chi connectivity index (χ2n) is 7.64. The molecule has 0 radical (unpaired) electrons. The number of anilines is 1. The maximum atomic E-state index is 12.7. The summed E-state index contributed by atoms with van der Waals surface area (Å²) in [5.74, 6) is 0.709. The average Bonchev–Trinajstić information content (AvgIpc) is 2.65. The molecule has 8 heteroatoms. The van der Waals surface area contributed by atoms with E-state index in [4.69, 9.17) is 4.74 Å². The second-order valence-corrected chi connectivity index (χ2v) is 10.5. The summed E-state index contributed by atoms with van der Waals surface area (Å²) in [6.45, 7) is 7.73. The summed E-state index contributed by atoms with van der Waals surface area (Å²) in [4.78, 5) is 12.7. The lowest BCUT2D eigenvalue weighted by Gasteiger charge is -2.24. The van der Waals surface area contributed by atoms with Gasteiger partial charge in [-0.25, -0.2) is 8.42 Å². The molecule has 0 spiro atoms. The highest BCUT2D eigenvalue weighted by Crippen LogP contribution is 2.32. The van der Waals surface area contributed by atoms with Crippen LogP contribution in [0.4, 0.5) is 5.69 Å². The SMILES string of the molecule is COc1cc(C)c([C@@H](C)NC(=O)CN(c2ccc(Br)cc2)S(C)(=O)=O)cc1C(C)C. The monoisotopic (exact) mass is 496 g/mol. The molecule has 2 aromatic rings. The van der Waals surface area contributed by atoms with E-state index in [-0.39, 0.29) is 24.4 Å². The summed E-state index contributed by atoms with van der Waals surface area (Å²) in [6.07, 6.45) is 1.09. The van der Waals surface area contributed by atoms with Gasteiger partial charge in [0.05, 0.1) is 25.1 Å². The van der Waals surface area contributed by atoms with E-state index in [1.165, 1.54) is 0 Å². The Kier molecular flexibility index (Phi) is 7.93. The zero-order valence-electron chi connectivity index (χ0n) is 18.2. The predicted octanol–water partition coefficient (Wildman–Crippen LogP) is 4.53. The van der Waals surface area contributed by atoms with E-state index in [1.54, 1.807) is 31.4 Å². The van der Waals surface area contributed by atoms with Crippen LogP contribution in [0.15, 0.2) is 40.9 Å². The Morgan fingerprint density at radius 2 is 1.73 bits per heavy atom. The van der Waals surface area contributed by atoms with Gasteiger partial charge in [0.2, 0.25) is 15.9 Å². The van der Waals surface area contributed by atoms with Gasteiger partial charge in [-0.15, -0.1) is 0 Å². The average molecular weight is 497 g/mol. The molecule has 0 aliphatic carbocycles. The number of hydrogen-bond acceptors (Lipinski definition) is 4. The molecule has 0 fully saturated rings. The van der Waals surface area contributed by atoms with Crippen molar-refractivity contribution in [3.05, 3.63) is 57.6 Å². The molecular weight excluding hydrogens is 468 g/mol. The Morgan fingerprint density at radius 3 is 2.23 bits per heavy atom. The lowest BCUT2D eigenvalue weighted by Crippen LogP contribution is -2.41. The fourth-order valence-electron chi connectivity index (χ4n) is 3.31. The molecule has 0 bridgehead atoms. The van der Waals surface area contributed by atoms with Crippen LogP contribution in [-0.2, 0) is 14.8 Å². The van der Waals surface area contributed by atoms with E-state index >= 15 is 0 Å². The van der Waals surface area contributed by atoms with Crippen molar-refractivity contribution in [2.75, 3.05) is 24.2 Å². The van der Waals surface area contributed by atoms with Crippen molar-refractivity contribution < 1.29 is 17.9 Å². The van der Waals surface area contributed by atoms with Gasteiger partial charge in [0.15, 0.2) is 0 Å². The van der Waals surface area contributed by atoms with Crippen LogP contribution in [0.5, 0.6) is 5.75 Å². The summed E-state index contributed by atoms with van der Waals surface area (Å²) < 4.78 is 32.0. The van der Waals surface area contributed by atoms with Crippen molar-refractivity contribution >= 4 is 37.5 Å². The Balaban J connectivity index is 2.24. The van der Waals surface area contributed by atoms with Gasteiger partial charge in [-0.05, 0) is 72.9 Å². The normalized spacial score (nSPS) is 12.5. The van der Waals surface area contributed by atoms with Crippen molar-refractivity contribution in [2.24, 2.45) is 0 Å². The van der Waals surface area contributed by atoms with Crippen LogP contribution in [0.25, 0.3) is 0 Å². The highest BCUT2D eigenvalue weighted by atomic mass is 79.9. The first-order valence-corrected chi connectivity index (χ1v) is 12.3. The molecule has 6 nitrogen and oxygen atoms in total. The zero-order valence-corrected chi connectivity index (χ0v) is 20.6. The molecule has 1 N–H and O–H groups in total. The number of nitrogens with one attached hydrogen (secondary N) is 1. The van der Waals surface area contributed by atoms with Crippen LogP contribution >= 0.6 is 15.9 Å². The fourth-order valence-corrected chi connectivity index (χ4v) is 4.43. The van der Waals surface area contributed by atoms with Crippen molar-refractivity contribution in [3.8, 4) is 5.75 Å². The fraction of sp³-hybridized carbons (Fsp3) is 0.409. The number of carbonyl (C=O) groups excluding carboxylic acids is 1. The highest BCUT2D eigenvalue weighted by molar-refractivity contribution is 9.10. The minimum atomic E-state index is -3.62. The topological polar surface area (TPSA) is 75.7 Å². The quantitative estimate of drug-likeness (QED) is 0.582. The lowest BCUT2D eigenvalue weighted by molar-refractivity contribution is -0.120. The summed E-state index contributed by atoms with van der Waals surface area (Å²) in [7, 11) is -1.97. The lowest BCUT2D eigenvalue weighted by atomic mass is 9.93. The third kappa shape index (κ3) is 5.98. The molecule has 1 atom stereocenters. The van der Waals surface area contributed by atoms with Crippen LogP contribution in [-0.4, -0.2) is 34.2 Å². The van der Waals surface area contributed by atoms with Gasteiger partial charge >= 0.3 is 0 Å². The van der Waals surface area contributed by atoms with Crippen molar-refractivity contribution in [3.63, 3.8) is 0 Å². The number of hydrogen-bond donors (Lipinski definition) is 1. The highest BCUT2D eigenvalue weighted by Gasteiger charge is 2.23. The third-order valence-corrected chi connectivity index (χ3v) is 6.56. The number of nitrogens with zero attached hydrogens (tertiary/aromatic N) is 1. The van der Waals surface area contributed by atoms with Gasteiger partial charge in [-0.3, -0.25) is 9.10 Å². The van der Waals surface area contributed by atoms with Gasteiger partial charge in [-0.2, -0.15) is 0 Å². The van der Waals surface area contributed by atoms with Crippen LogP contribution in [0, 0.1) is 6.92 Å². The Labute approximate surface area is 187 Å². The molecule has 164 valence electrons. The first-order chi connectivity index (χ1) is 13.9. The number of ether oxygens (including phenoxy) is 1. The molecule has 2 aromatic carbocycles. The second kappa shape index (κ2) is 9.83. The van der Waals surface area contributed by atoms with Crippen LogP contribution in [0.1, 0.15) is 49.4 Å². The van der Waals surface area contributed by atoms with Crippen molar-refractivity contribution in [1.82, 2.24) is 5.32 Å². The Hall–Kier alpha value is -2.06. The van der Waals surface area contributed by atoms with E-state index in [2.05, 4.69) is 35.1 Å². The van der Waals surface area contributed by atoms with Gasteiger partial charge in [0.25, 0.3) is 0 Å². The maximum Gasteiger partial charge on any atom is 0.241 e. The van der Waals surface area contributed by atoms with Gasteiger partial charge < -0.3 is 10.1 Å². The molecule has 0 aliphatic heterocycles. The molecule has 30 heavy (non-hydrogen) atoms. The summed E-state index contributed by atoms with van der Waals surface area (Å²) in [6, 6.07) is 10.5. The molecule has 1 amide bonds. The van der Waals surface area contributed by atoms with Gasteiger partial charge in [0.1, 0.15) is 12.3 Å². The summed E-state index contributed by atoms with van der Waals surface area (Å²) in [5.41, 5.74) is 3.47. The first-order valence-electron chi connectivity index (χ1n) is 9.65. The molecule has 0 unspecified atom stereocenters. The molecule has 2 rings (SSSR count). The minimum Gasteiger partial charge on any atom is -0.496 e. The smallest absolute Gasteiger partial charge is 0.241 e. The number of rotatable bonds is 8. The predicted molar refractivity (Wildman–Crippen MR) is 125 cm³/mol. The van der Waals surface area contributed by atoms with E-state index in [0.717, 1.165) is 37.5 Å². The van der Waals surface area contributed by atoms with Crippen molar-refractivity contribution in [2.45, 2.75) is 39.7 Å². The standard InChI is InChI=1S/C22H29BrN2O4S/c1-14(2)19-12-20(15(3)11-21(19)29-5)16(4)24-22(26)13-25(30(6,27)28)18-9-7-17(23)8-10-18/h7-12,14,16H,13H2,1-6H3,(H,24,26)/t16-/m1/s1. The molecule has 0 aromatic heterocycles. The third-order valence-electron chi connectivity index (χ3n) is 4.89. The zero-order chi connectivity index (χ0) is 22.6. The number of benzene rings is 2. The molecular formula is C22H29BrN2O4S. The van der Waals surface area contributed by atoms with Crippen molar-refractivity contribution in [1.29, 1.82) is 0 Å². The Bertz CT molecular complexity index is 1000. The number of amides is 1. The van der Waals surface area contributed by atoms with Gasteiger partial charge in [0, 0.05) is 4.47 Å². The molecule has 0 saturated carbocycles. The van der Waals surface area contributed by atoms with E-state index in [0.29, 0.717) is 5.69 Å². The first kappa shape index (κ1) is 24.2. The van der Waals surface area contributed by atoms with E-state index in [1.807, 2.05) is 26.0 Å². The van der Waals surface area contributed by atoms with Gasteiger partial charge in [-0.1, -0.05) is 29.8 Å². The number of aryl methyl sites for hydroxylation is 1. The number of carbonyl (C=O) groups is 1. The Morgan fingerprint density at radius 1 is 1.13 bits per heavy atom. The van der Waals surface area contributed by atoms with Crippen LogP contribution < -0.4 is 14.4 Å². The molecule has 0 aliphatic rings. The maximum absolute atomic E-state index is 12.7. The van der Waals surface area contributed by atoms with E-state index in [9.17, 15) is 13.2 Å². The number of sulfonamides is 1. The number of methoxy groups -OCH3 is 1. The van der Waals surface area contributed by atoms with E-state index < -0.39 is 10.0 Å².